The number of hydrogen-bond acceptors (Lipinski definition) is 3. The lowest BCUT2D eigenvalue weighted by Crippen LogP contribution is -2.03. The first-order valence-corrected chi connectivity index (χ1v) is 30.2. The molecule has 0 fully saturated rings. The Hall–Kier alpha value is -11.9. The molecule has 418 valence electrons. The molecule has 0 atom stereocenters. The molecule has 0 aliphatic carbocycles. The lowest BCUT2D eigenvalue weighted by atomic mass is 10.0. The van der Waals surface area contributed by atoms with Crippen LogP contribution >= 0.6 is 0 Å². The van der Waals surface area contributed by atoms with Crippen molar-refractivity contribution in [2.75, 3.05) is 0 Å². The van der Waals surface area contributed by atoms with Crippen molar-refractivity contribution in [3.8, 4) is 79.2 Å². The molecule has 0 saturated carbocycles. The van der Waals surface area contributed by atoms with Gasteiger partial charge >= 0.3 is 0 Å². The first kappa shape index (κ1) is 51.5. The summed E-state index contributed by atoms with van der Waals surface area (Å²) in [7, 11) is 0. The third-order valence-corrected chi connectivity index (χ3v) is 17.6. The Bertz CT molecular complexity index is 5670. The summed E-state index contributed by atoms with van der Waals surface area (Å²) < 4.78 is 9.61. The predicted molar refractivity (Wildman–Crippen MR) is 372 cm³/mol. The van der Waals surface area contributed by atoms with E-state index in [0.717, 1.165) is 122 Å². The van der Waals surface area contributed by atoms with Crippen molar-refractivity contribution in [2.24, 2.45) is 0 Å². The fourth-order valence-electron chi connectivity index (χ4n) is 13.7. The second-order valence-electron chi connectivity index (χ2n) is 22.8. The third-order valence-electron chi connectivity index (χ3n) is 17.6. The summed E-state index contributed by atoms with van der Waals surface area (Å²) >= 11 is 0. The Kier molecular flexibility index (Phi) is 12.1. The molecule has 7 nitrogen and oxygen atoms in total. The lowest BCUT2D eigenvalue weighted by molar-refractivity contribution is 1.07. The molecule has 0 unspecified atom stereocenters. The van der Waals surface area contributed by atoms with Crippen LogP contribution in [0.3, 0.4) is 0 Å². The third kappa shape index (κ3) is 8.46. The summed E-state index contributed by atoms with van der Waals surface area (Å²) in [5.41, 5.74) is 20.9. The number of allylic oxidation sites excluding steroid dienone is 1. The van der Waals surface area contributed by atoms with Crippen LogP contribution in [0.2, 0.25) is 0 Å². The van der Waals surface area contributed by atoms with Crippen molar-refractivity contribution >= 4 is 88.5 Å². The quantitative estimate of drug-likeness (QED) is 0.130. The minimum absolute atomic E-state index is 0.556. The molecule has 12 aromatic carbocycles. The fourth-order valence-corrected chi connectivity index (χ4v) is 13.7. The van der Waals surface area contributed by atoms with Gasteiger partial charge in [-0.3, -0.25) is 0 Å². The average Bonchev–Trinajstić information content (AvgIpc) is 1.99. The van der Waals surface area contributed by atoms with E-state index in [1.807, 2.05) is 24.3 Å². The van der Waals surface area contributed by atoms with Gasteiger partial charge in [-0.15, -0.1) is 0 Å². The summed E-state index contributed by atoms with van der Waals surface area (Å²) in [6.45, 7) is 6.44. The normalized spacial score (nSPS) is 11.9. The molecule has 0 bridgehead atoms. The van der Waals surface area contributed by atoms with Crippen molar-refractivity contribution in [1.82, 2.24) is 33.2 Å². The summed E-state index contributed by atoms with van der Waals surface area (Å²) in [5, 5.41) is 8.21. The van der Waals surface area contributed by atoms with Crippen LogP contribution in [0.25, 0.3) is 168 Å². The molecule has 17 rings (SSSR count). The maximum atomic E-state index is 5.64. The van der Waals surface area contributed by atoms with Crippen LogP contribution in [0.15, 0.2) is 298 Å². The smallest absolute Gasteiger partial charge is 0.164 e. The van der Waals surface area contributed by atoms with Gasteiger partial charge in [-0.25, -0.2) is 15.0 Å². The Morgan fingerprint density at radius 2 is 0.607 bits per heavy atom. The summed E-state index contributed by atoms with van der Waals surface area (Å²) in [5.74, 6) is 1.69. The SMILES string of the molecule is C=Cc1c(/C=C\C)n(-c2ccccc2)c2cc3c(cc12)c1ccccc1n3-c1cc(-c2ccccc2)cc(-c2nc(-c3ccccc3)nc(-c3cc(-c4ccccc4)cc(-n4c5ccccc5c5cc6c7ccccc7n(-c7ccccc7)c6cc54)c3)n2)c1. The molecule has 0 aliphatic heterocycles. The first-order chi connectivity index (χ1) is 44.0. The zero-order valence-corrected chi connectivity index (χ0v) is 48.7. The van der Waals surface area contributed by atoms with E-state index in [4.69, 9.17) is 15.0 Å². The van der Waals surface area contributed by atoms with Gasteiger partial charge in [-0.05, 0) is 138 Å². The molecular weight excluding hydrogens is 1080 g/mol. The largest absolute Gasteiger partial charge is 0.309 e. The summed E-state index contributed by atoms with van der Waals surface area (Å²) in [4.78, 5) is 16.6. The molecule has 7 heteroatoms. The predicted octanol–water partition coefficient (Wildman–Crippen LogP) is 21.1. The molecule has 0 N–H and O–H groups in total. The number of rotatable bonds is 11. The Balaban J connectivity index is 0.919. The van der Waals surface area contributed by atoms with Crippen molar-refractivity contribution in [1.29, 1.82) is 0 Å². The number of hydrogen-bond donors (Lipinski definition) is 0. The molecule has 0 aliphatic rings. The van der Waals surface area contributed by atoms with E-state index in [1.54, 1.807) is 0 Å². The van der Waals surface area contributed by atoms with E-state index in [-0.39, 0.29) is 0 Å². The van der Waals surface area contributed by atoms with E-state index in [9.17, 15) is 0 Å². The van der Waals surface area contributed by atoms with E-state index < -0.39 is 0 Å². The topological polar surface area (TPSA) is 58.4 Å². The van der Waals surface area contributed by atoms with Gasteiger partial charge in [-0.2, -0.15) is 0 Å². The van der Waals surface area contributed by atoms with Crippen molar-refractivity contribution in [3.63, 3.8) is 0 Å². The average molecular weight is 1140 g/mol. The molecule has 0 radical (unpaired) electrons. The number of benzene rings is 12. The zero-order valence-electron chi connectivity index (χ0n) is 48.7. The minimum atomic E-state index is 0.556. The Labute approximate surface area is 513 Å². The fraction of sp³-hybridized carbons (Fsp3) is 0.0122. The van der Waals surface area contributed by atoms with Gasteiger partial charge < -0.3 is 18.3 Å². The van der Waals surface area contributed by atoms with Gasteiger partial charge in [0.25, 0.3) is 0 Å². The number of para-hydroxylation sites is 5. The van der Waals surface area contributed by atoms with Crippen LogP contribution in [0.4, 0.5) is 0 Å². The molecule has 0 spiro atoms. The first-order valence-electron chi connectivity index (χ1n) is 30.2. The van der Waals surface area contributed by atoms with Gasteiger partial charge in [0, 0.05) is 82.7 Å². The second kappa shape index (κ2) is 20.9. The molecule has 0 saturated heterocycles. The maximum absolute atomic E-state index is 5.64. The number of aromatic nitrogens is 7. The molecule has 5 aromatic heterocycles. The highest BCUT2D eigenvalue weighted by Gasteiger charge is 2.24. The number of nitrogens with zero attached hydrogens (tertiary/aromatic N) is 7. The number of fused-ring (bicyclic) bond motifs is 10. The van der Waals surface area contributed by atoms with Gasteiger partial charge in [0.1, 0.15) is 0 Å². The molecule has 89 heavy (non-hydrogen) atoms. The molecule has 5 heterocycles. The van der Waals surface area contributed by atoms with Crippen LogP contribution in [-0.2, 0) is 0 Å². The molecule has 17 aromatic rings. The van der Waals surface area contributed by atoms with E-state index in [1.165, 1.54) is 27.1 Å². The summed E-state index contributed by atoms with van der Waals surface area (Å²) in [6, 6.07) is 102. The van der Waals surface area contributed by atoms with E-state index in [0.29, 0.717) is 17.5 Å². The van der Waals surface area contributed by atoms with Gasteiger partial charge in [0.15, 0.2) is 17.5 Å². The van der Waals surface area contributed by atoms with Crippen molar-refractivity contribution < 1.29 is 0 Å². The van der Waals surface area contributed by atoms with Crippen LogP contribution in [-0.4, -0.2) is 33.2 Å². The highest BCUT2D eigenvalue weighted by molar-refractivity contribution is 6.20. The van der Waals surface area contributed by atoms with E-state index in [2.05, 4.69) is 311 Å². The monoisotopic (exact) mass is 1140 g/mol. The van der Waals surface area contributed by atoms with Crippen LogP contribution in [0.5, 0.6) is 0 Å². The Morgan fingerprint density at radius 1 is 0.270 bits per heavy atom. The van der Waals surface area contributed by atoms with Crippen molar-refractivity contribution in [2.45, 2.75) is 6.92 Å². The van der Waals surface area contributed by atoms with Gasteiger partial charge in [0.05, 0.1) is 44.3 Å². The van der Waals surface area contributed by atoms with Gasteiger partial charge in [-0.1, -0.05) is 201 Å². The maximum Gasteiger partial charge on any atom is 0.164 e. The highest BCUT2D eigenvalue weighted by atomic mass is 15.1. The summed E-state index contributed by atoms with van der Waals surface area (Å²) in [6.07, 6.45) is 6.30. The van der Waals surface area contributed by atoms with Gasteiger partial charge in [0.2, 0.25) is 0 Å². The lowest BCUT2D eigenvalue weighted by Gasteiger charge is -2.16. The minimum Gasteiger partial charge on any atom is -0.309 e. The van der Waals surface area contributed by atoms with Crippen molar-refractivity contribution in [3.05, 3.63) is 309 Å². The van der Waals surface area contributed by atoms with Crippen LogP contribution < -0.4 is 0 Å². The van der Waals surface area contributed by atoms with Crippen LogP contribution in [0.1, 0.15) is 18.2 Å². The Morgan fingerprint density at radius 3 is 1.03 bits per heavy atom. The standard InChI is InChI=1S/C82H55N7/c1-3-26-72-64(4-2)68-49-69-66-38-21-24-41-74(66)88(78(69)51-76(68)86(72)60-33-16-8-17-34-60)62-45-56(53-27-10-5-11-28-53)43-58(47-62)81-83-80(55-31-14-7-15-32-55)84-82(85-81)59-44-57(54-29-12-6-13-30-54)46-63(48-59)89-75-42-25-22-39-67(75)71-50-70-65-37-20-23-40-73(65)87(77(70)52-79(71)89)61-35-18-9-19-36-61/h3-52H,2H2,1H3/b26-3-. The highest BCUT2D eigenvalue weighted by Crippen LogP contribution is 2.44. The zero-order chi connectivity index (χ0) is 59.1. The molecule has 0 amide bonds. The van der Waals surface area contributed by atoms with Crippen LogP contribution in [0, 0.1) is 0 Å². The molecular formula is C82H55N7. The van der Waals surface area contributed by atoms with E-state index >= 15 is 0 Å². The second-order valence-corrected chi connectivity index (χ2v) is 22.8.